The van der Waals surface area contributed by atoms with Gasteiger partial charge in [-0.3, -0.25) is 0 Å². The van der Waals surface area contributed by atoms with Gasteiger partial charge in [-0.2, -0.15) is 11.3 Å². The SMILES string of the molecule is Cc1nc2c(OCc3ccsc3)cccc2[nH]1. The summed E-state index contributed by atoms with van der Waals surface area (Å²) in [5.74, 6) is 1.74. The number of nitrogens with one attached hydrogen (secondary N) is 1. The van der Waals surface area contributed by atoms with Crippen molar-refractivity contribution in [3.8, 4) is 5.75 Å². The molecule has 0 spiro atoms. The number of benzene rings is 1. The first-order valence-electron chi connectivity index (χ1n) is 5.42. The molecule has 86 valence electrons. The van der Waals surface area contributed by atoms with E-state index in [0.29, 0.717) is 6.61 Å². The average Bonchev–Trinajstić information content (AvgIpc) is 2.93. The lowest BCUT2D eigenvalue weighted by molar-refractivity contribution is 0.310. The number of para-hydroxylation sites is 1. The van der Waals surface area contributed by atoms with E-state index in [0.717, 1.165) is 22.6 Å². The maximum atomic E-state index is 5.80. The number of H-pyrrole nitrogens is 1. The van der Waals surface area contributed by atoms with Crippen LogP contribution in [0.2, 0.25) is 0 Å². The van der Waals surface area contributed by atoms with Crippen LogP contribution in [0.4, 0.5) is 0 Å². The van der Waals surface area contributed by atoms with Crippen LogP contribution in [0.3, 0.4) is 0 Å². The van der Waals surface area contributed by atoms with Crippen molar-refractivity contribution in [1.82, 2.24) is 9.97 Å². The minimum absolute atomic E-state index is 0.592. The first kappa shape index (κ1) is 10.4. The largest absolute Gasteiger partial charge is 0.487 e. The molecule has 17 heavy (non-hydrogen) atoms. The van der Waals surface area contributed by atoms with Gasteiger partial charge in [0.2, 0.25) is 0 Å². The molecular formula is C13H12N2OS. The molecule has 1 N–H and O–H groups in total. The fourth-order valence-corrected chi connectivity index (χ4v) is 2.43. The zero-order chi connectivity index (χ0) is 11.7. The van der Waals surface area contributed by atoms with Crippen molar-refractivity contribution in [2.45, 2.75) is 13.5 Å². The van der Waals surface area contributed by atoms with E-state index in [9.17, 15) is 0 Å². The molecule has 2 aromatic heterocycles. The summed E-state index contributed by atoms with van der Waals surface area (Å²) in [5.41, 5.74) is 3.12. The van der Waals surface area contributed by atoms with Crippen LogP contribution in [-0.2, 0) is 6.61 Å². The molecule has 0 amide bonds. The van der Waals surface area contributed by atoms with E-state index >= 15 is 0 Å². The highest BCUT2D eigenvalue weighted by Crippen LogP contribution is 2.24. The number of rotatable bonds is 3. The average molecular weight is 244 g/mol. The highest BCUT2D eigenvalue weighted by atomic mass is 32.1. The van der Waals surface area contributed by atoms with Crippen LogP contribution in [0.15, 0.2) is 35.0 Å². The second-order valence-corrected chi connectivity index (χ2v) is 4.67. The zero-order valence-electron chi connectivity index (χ0n) is 9.43. The van der Waals surface area contributed by atoms with Gasteiger partial charge in [-0.25, -0.2) is 4.98 Å². The summed E-state index contributed by atoms with van der Waals surface area (Å²) in [5, 5.41) is 4.15. The van der Waals surface area contributed by atoms with Crippen LogP contribution < -0.4 is 4.74 Å². The molecule has 0 aliphatic rings. The summed E-state index contributed by atoms with van der Waals surface area (Å²) < 4.78 is 5.80. The Labute approximate surface area is 103 Å². The van der Waals surface area contributed by atoms with Gasteiger partial charge in [0.15, 0.2) is 0 Å². The number of aromatic nitrogens is 2. The van der Waals surface area contributed by atoms with E-state index in [4.69, 9.17) is 4.74 Å². The van der Waals surface area contributed by atoms with Crippen molar-refractivity contribution in [3.05, 3.63) is 46.4 Å². The van der Waals surface area contributed by atoms with Crippen LogP contribution in [-0.4, -0.2) is 9.97 Å². The second kappa shape index (κ2) is 4.22. The van der Waals surface area contributed by atoms with Crippen LogP contribution in [0.1, 0.15) is 11.4 Å². The maximum Gasteiger partial charge on any atom is 0.147 e. The Bertz CT molecular complexity index is 628. The number of ether oxygens (including phenoxy) is 1. The van der Waals surface area contributed by atoms with Gasteiger partial charge in [0, 0.05) is 0 Å². The van der Waals surface area contributed by atoms with Crippen LogP contribution in [0, 0.1) is 6.92 Å². The summed E-state index contributed by atoms with van der Waals surface area (Å²) in [6, 6.07) is 8.01. The molecule has 0 fully saturated rings. The van der Waals surface area contributed by atoms with Gasteiger partial charge in [-0.15, -0.1) is 0 Å². The maximum absolute atomic E-state index is 5.80. The summed E-state index contributed by atoms with van der Waals surface area (Å²) in [6.07, 6.45) is 0. The lowest BCUT2D eigenvalue weighted by atomic mass is 10.3. The van der Waals surface area contributed by atoms with Gasteiger partial charge in [0.05, 0.1) is 5.52 Å². The molecule has 0 radical (unpaired) electrons. The molecule has 3 aromatic rings. The van der Waals surface area contributed by atoms with Gasteiger partial charge in [-0.05, 0) is 41.4 Å². The summed E-state index contributed by atoms with van der Waals surface area (Å²) in [4.78, 5) is 7.64. The Balaban J connectivity index is 1.89. The number of aryl methyl sites for hydroxylation is 1. The Kier molecular flexibility index (Phi) is 2.57. The Hall–Kier alpha value is -1.81. The summed E-state index contributed by atoms with van der Waals surface area (Å²) in [7, 11) is 0. The van der Waals surface area contributed by atoms with E-state index in [-0.39, 0.29) is 0 Å². The second-order valence-electron chi connectivity index (χ2n) is 3.89. The standard InChI is InChI=1S/C13H12N2OS/c1-9-14-11-3-2-4-12(13(11)15-9)16-7-10-5-6-17-8-10/h2-6,8H,7H2,1H3,(H,14,15). The Morgan fingerprint density at radius 1 is 1.35 bits per heavy atom. The number of fused-ring (bicyclic) bond motifs is 1. The fourth-order valence-electron chi connectivity index (χ4n) is 1.78. The van der Waals surface area contributed by atoms with Crippen molar-refractivity contribution in [1.29, 1.82) is 0 Å². The van der Waals surface area contributed by atoms with Crippen LogP contribution >= 0.6 is 11.3 Å². The Morgan fingerprint density at radius 3 is 3.12 bits per heavy atom. The molecule has 0 atom stereocenters. The highest BCUT2D eigenvalue weighted by molar-refractivity contribution is 7.07. The highest BCUT2D eigenvalue weighted by Gasteiger charge is 2.06. The smallest absolute Gasteiger partial charge is 0.147 e. The van der Waals surface area contributed by atoms with Crippen LogP contribution in [0.25, 0.3) is 11.0 Å². The van der Waals surface area contributed by atoms with Crippen molar-refractivity contribution in [2.24, 2.45) is 0 Å². The van der Waals surface area contributed by atoms with E-state index in [1.165, 1.54) is 5.56 Å². The molecule has 0 aliphatic carbocycles. The molecule has 3 nitrogen and oxygen atoms in total. The zero-order valence-corrected chi connectivity index (χ0v) is 10.3. The molecule has 0 bridgehead atoms. The van der Waals surface area contributed by atoms with Crippen LogP contribution in [0.5, 0.6) is 5.75 Å². The van der Waals surface area contributed by atoms with Crippen molar-refractivity contribution in [3.63, 3.8) is 0 Å². The Morgan fingerprint density at radius 2 is 2.29 bits per heavy atom. The van der Waals surface area contributed by atoms with Crippen molar-refractivity contribution < 1.29 is 4.74 Å². The van der Waals surface area contributed by atoms with E-state index < -0.39 is 0 Å². The van der Waals surface area contributed by atoms with Crippen molar-refractivity contribution >= 4 is 22.4 Å². The molecule has 0 aliphatic heterocycles. The minimum Gasteiger partial charge on any atom is -0.487 e. The van der Waals surface area contributed by atoms with Gasteiger partial charge < -0.3 is 9.72 Å². The molecule has 0 saturated carbocycles. The number of imidazole rings is 1. The molecule has 1 aromatic carbocycles. The first-order valence-corrected chi connectivity index (χ1v) is 6.36. The third-order valence-electron chi connectivity index (χ3n) is 2.57. The van der Waals surface area contributed by atoms with Gasteiger partial charge in [0.25, 0.3) is 0 Å². The molecule has 2 heterocycles. The lowest BCUT2D eigenvalue weighted by Gasteiger charge is -2.04. The van der Waals surface area contributed by atoms with Crippen molar-refractivity contribution in [2.75, 3.05) is 0 Å². The first-order chi connectivity index (χ1) is 8.33. The van der Waals surface area contributed by atoms with Gasteiger partial charge >= 0.3 is 0 Å². The van der Waals surface area contributed by atoms with E-state index in [1.54, 1.807) is 11.3 Å². The minimum atomic E-state index is 0.592. The number of aromatic amines is 1. The third-order valence-corrected chi connectivity index (χ3v) is 3.30. The molecule has 3 rings (SSSR count). The predicted molar refractivity (Wildman–Crippen MR) is 69.5 cm³/mol. The molecule has 0 unspecified atom stereocenters. The summed E-state index contributed by atoms with van der Waals surface area (Å²) >= 11 is 1.68. The number of nitrogens with zero attached hydrogens (tertiary/aromatic N) is 1. The number of hydrogen-bond acceptors (Lipinski definition) is 3. The molecular weight excluding hydrogens is 232 g/mol. The lowest BCUT2D eigenvalue weighted by Crippen LogP contribution is -1.94. The summed E-state index contributed by atoms with van der Waals surface area (Å²) in [6.45, 7) is 2.54. The third kappa shape index (κ3) is 2.03. The van der Waals surface area contributed by atoms with E-state index in [1.807, 2.05) is 25.1 Å². The topological polar surface area (TPSA) is 37.9 Å². The van der Waals surface area contributed by atoms with E-state index in [2.05, 4.69) is 26.8 Å². The van der Waals surface area contributed by atoms with Gasteiger partial charge in [0.1, 0.15) is 23.7 Å². The predicted octanol–water partition coefficient (Wildman–Crippen LogP) is 3.51. The fraction of sp³-hybridized carbons (Fsp3) is 0.154. The van der Waals surface area contributed by atoms with Gasteiger partial charge in [-0.1, -0.05) is 6.07 Å². The normalized spacial score (nSPS) is 10.9. The number of hydrogen-bond donors (Lipinski definition) is 1. The number of thiophene rings is 1. The molecule has 0 saturated heterocycles. The molecule has 4 heteroatoms. The quantitative estimate of drug-likeness (QED) is 0.765. The monoisotopic (exact) mass is 244 g/mol.